The minimum atomic E-state index is -1.38. The van der Waals surface area contributed by atoms with E-state index in [2.05, 4.69) is 20.9 Å². The number of carbonyl (C=O) groups excluding carboxylic acids is 2. The fraction of sp³-hybridized carbons (Fsp3) is 0.474. The van der Waals surface area contributed by atoms with Gasteiger partial charge in [-0.15, -0.1) is 5.10 Å². The Morgan fingerprint density at radius 1 is 1.28 bits per heavy atom. The lowest BCUT2D eigenvalue weighted by atomic mass is 10.2. The molecule has 156 valence electrons. The number of carbonyl (C=O) groups is 2. The van der Waals surface area contributed by atoms with Crippen LogP contribution in [-0.2, 0) is 26.5 Å². The molecule has 0 aliphatic heterocycles. The second-order valence-electron chi connectivity index (χ2n) is 6.86. The molecule has 9 nitrogen and oxygen atoms in total. The molecule has 0 radical (unpaired) electrons. The first kappa shape index (κ1) is 21.1. The lowest BCUT2D eigenvalue weighted by molar-refractivity contribution is -0.116. The molecule has 2 N–H and O–H groups in total. The van der Waals surface area contributed by atoms with Gasteiger partial charge < -0.3 is 10.6 Å². The summed E-state index contributed by atoms with van der Waals surface area (Å²) in [5.41, 5.74) is 2.52. The van der Waals surface area contributed by atoms with Crippen molar-refractivity contribution in [2.75, 3.05) is 18.2 Å². The van der Waals surface area contributed by atoms with Gasteiger partial charge >= 0.3 is 0 Å². The second-order valence-corrected chi connectivity index (χ2v) is 7.90. The largest absolute Gasteiger partial charge is 0.348 e. The maximum Gasteiger partial charge on any atom is 0.273 e. The van der Waals surface area contributed by atoms with Crippen molar-refractivity contribution < 1.29 is 18.0 Å². The predicted molar refractivity (Wildman–Crippen MR) is 109 cm³/mol. The van der Waals surface area contributed by atoms with Gasteiger partial charge in [-0.2, -0.15) is 0 Å². The third-order valence-corrected chi connectivity index (χ3v) is 4.85. The van der Waals surface area contributed by atoms with Crippen LogP contribution in [0.25, 0.3) is 5.69 Å². The number of benzene rings is 1. The fourth-order valence-electron chi connectivity index (χ4n) is 2.79. The molecule has 1 saturated carbocycles. The van der Waals surface area contributed by atoms with Crippen LogP contribution in [0.4, 0.5) is 5.69 Å². The zero-order valence-corrected chi connectivity index (χ0v) is 17.3. The molecule has 10 heteroatoms. The van der Waals surface area contributed by atoms with Gasteiger partial charge in [0.15, 0.2) is 16.8 Å². The van der Waals surface area contributed by atoms with E-state index in [1.807, 2.05) is 19.1 Å². The van der Waals surface area contributed by atoms with E-state index in [9.17, 15) is 13.8 Å². The van der Waals surface area contributed by atoms with Crippen LogP contribution in [0.5, 0.6) is 0 Å². The Labute approximate surface area is 171 Å². The highest BCUT2D eigenvalue weighted by atomic mass is 32.2. The highest BCUT2D eigenvalue weighted by Crippen LogP contribution is 2.21. The number of nitrogens with one attached hydrogen (secondary N) is 2. The SMILES string of the molecule is CCCc1c(C(=O)NC2CC2)nnn1-c1ccc(NC(=O)CCOS(C)=O)cc1. The van der Waals surface area contributed by atoms with Gasteiger partial charge in [0.1, 0.15) is 0 Å². The van der Waals surface area contributed by atoms with Gasteiger partial charge in [-0.3, -0.25) is 13.8 Å². The summed E-state index contributed by atoms with van der Waals surface area (Å²) in [5, 5.41) is 14.0. The average Bonchev–Trinajstić information content (AvgIpc) is 3.39. The number of hydrogen-bond donors (Lipinski definition) is 2. The van der Waals surface area contributed by atoms with Gasteiger partial charge in [0.05, 0.1) is 24.4 Å². The maximum absolute atomic E-state index is 12.4. The molecule has 0 spiro atoms. The van der Waals surface area contributed by atoms with Crippen LogP contribution >= 0.6 is 0 Å². The van der Waals surface area contributed by atoms with Crippen molar-refractivity contribution in [2.24, 2.45) is 0 Å². The summed E-state index contributed by atoms with van der Waals surface area (Å²) in [6.07, 6.45) is 5.09. The van der Waals surface area contributed by atoms with Crippen molar-refractivity contribution in [3.63, 3.8) is 0 Å². The first-order chi connectivity index (χ1) is 14.0. The van der Waals surface area contributed by atoms with E-state index in [0.29, 0.717) is 17.8 Å². The van der Waals surface area contributed by atoms with Crippen LogP contribution in [0.15, 0.2) is 24.3 Å². The summed E-state index contributed by atoms with van der Waals surface area (Å²) in [5.74, 6) is -0.407. The number of hydrogen-bond acceptors (Lipinski definition) is 6. The van der Waals surface area contributed by atoms with Crippen LogP contribution in [0, 0.1) is 0 Å². The summed E-state index contributed by atoms with van der Waals surface area (Å²) in [4.78, 5) is 24.3. The monoisotopic (exact) mass is 419 g/mol. The third-order valence-electron chi connectivity index (χ3n) is 4.35. The molecule has 1 aromatic heterocycles. The number of rotatable bonds is 10. The number of nitrogens with zero attached hydrogens (tertiary/aromatic N) is 3. The van der Waals surface area contributed by atoms with E-state index >= 15 is 0 Å². The Hall–Kier alpha value is -2.59. The van der Waals surface area contributed by atoms with E-state index in [-0.39, 0.29) is 30.9 Å². The number of aromatic nitrogens is 3. The zero-order chi connectivity index (χ0) is 20.8. The highest BCUT2D eigenvalue weighted by Gasteiger charge is 2.27. The van der Waals surface area contributed by atoms with Crippen molar-refractivity contribution in [1.82, 2.24) is 20.3 Å². The molecule has 1 atom stereocenters. The quantitative estimate of drug-likeness (QED) is 0.606. The molecule has 29 heavy (non-hydrogen) atoms. The van der Waals surface area contributed by atoms with Crippen LogP contribution in [0.1, 0.15) is 48.8 Å². The summed E-state index contributed by atoms with van der Waals surface area (Å²) >= 11 is -1.38. The van der Waals surface area contributed by atoms with Crippen LogP contribution in [-0.4, -0.2) is 49.9 Å². The summed E-state index contributed by atoms with van der Waals surface area (Å²) in [7, 11) is 0. The number of anilines is 1. The minimum Gasteiger partial charge on any atom is -0.348 e. The minimum absolute atomic E-state index is 0.0953. The molecule has 1 aliphatic carbocycles. The Kier molecular flexibility index (Phi) is 7.10. The van der Waals surface area contributed by atoms with Gasteiger partial charge in [0.2, 0.25) is 5.91 Å². The Morgan fingerprint density at radius 3 is 2.62 bits per heavy atom. The molecule has 1 unspecified atom stereocenters. The Morgan fingerprint density at radius 2 is 2.00 bits per heavy atom. The maximum atomic E-state index is 12.4. The van der Waals surface area contributed by atoms with E-state index in [0.717, 1.165) is 30.6 Å². The van der Waals surface area contributed by atoms with Gasteiger partial charge in [-0.25, -0.2) is 8.89 Å². The molecule has 1 aromatic carbocycles. The molecular weight excluding hydrogens is 394 g/mol. The summed E-state index contributed by atoms with van der Waals surface area (Å²) in [6, 6.07) is 7.39. The molecule has 1 aliphatic rings. The fourth-order valence-corrected chi connectivity index (χ4v) is 3.11. The molecule has 0 saturated heterocycles. The van der Waals surface area contributed by atoms with Crippen molar-refractivity contribution in [2.45, 2.75) is 45.1 Å². The van der Waals surface area contributed by atoms with Crippen molar-refractivity contribution in [1.29, 1.82) is 0 Å². The lowest BCUT2D eigenvalue weighted by Gasteiger charge is -2.09. The van der Waals surface area contributed by atoms with Crippen LogP contribution in [0.3, 0.4) is 0 Å². The first-order valence-electron chi connectivity index (χ1n) is 9.60. The summed E-state index contributed by atoms with van der Waals surface area (Å²) < 4.78 is 17.4. The second kappa shape index (κ2) is 9.75. The average molecular weight is 420 g/mol. The van der Waals surface area contributed by atoms with E-state index in [1.165, 1.54) is 6.26 Å². The van der Waals surface area contributed by atoms with Gasteiger partial charge in [-0.1, -0.05) is 18.6 Å². The molecule has 1 heterocycles. The molecule has 3 rings (SSSR count). The lowest BCUT2D eigenvalue weighted by Crippen LogP contribution is -2.27. The zero-order valence-electron chi connectivity index (χ0n) is 16.5. The topological polar surface area (TPSA) is 115 Å². The van der Waals surface area contributed by atoms with Crippen LogP contribution in [0.2, 0.25) is 0 Å². The van der Waals surface area contributed by atoms with E-state index in [4.69, 9.17) is 4.18 Å². The standard InChI is InChI=1S/C19H25N5O4S/c1-3-4-16-18(19(26)21-14-5-6-14)22-23-24(16)15-9-7-13(8-10-15)20-17(25)11-12-28-29(2)27/h7-10,14H,3-6,11-12H2,1-2H3,(H,20,25)(H,21,26). The van der Waals surface area contributed by atoms with Crippen molar-refractivity contribution >= 4 is 28.6 Å². The molecule has 1 fully saturated rings. The molecule has 2 aromatic rings. The van der Waals surface area contributed by atoms with E-state index < -0.39 is 11.1 Å². The molecular formula is C19H25N5O4S. The summed E-state index contributed by atoms with van der Waals surface area (Å²) in [6.45, 7) is 2.13. The third kappa shape index (κ3) is 5.94. The normalized spacial score (nSPS) is 14.4. The first-order valence-corrected chi connectivity index (χ1v) is 11.1. The highest BCUT2D eigenvalue weighted by molar-refractivity contribution is 7.79. The van der Waals surface area contributed by atoms with Gasteiger partial charge in [0, 0.05) is 18.0 Å². The van der Waals surface area contributed by atoms with E-state index in [1.54, 1.807) is 16.8 Å². The van der Waals surface area contributed by atoms with Crippen molar-refractivity contribution in [3.8, 4) is 5.69 Å². The van der Waals surface area contributed by atoms with Crippen molar-refractivity contribution in [3.05, 3.63) is 35.7 Å². The Balaban J connectivity index is 1.68. The van der Waals surface area contributed by atoms with Gasteiger partial charge in [-0.05, 0) is 43.5 Å². The molecule has 2 amide bonds. The van der Waals surface area contributed by atoms with Gasteiger partial charge in [0.25, 0.3) is 5.91 Å². The Bertz CT molecular complexity index is 893. The molecule has 0 bridgehead atoms. The number of amides is 2. The van der Waals surface area contributed by atoms with Crippen LogP contribution < -0.4 is 10.6 Å². The smallest absolute Gasteiger partial charge is 0.273 e. The predicted octanol–water partition coefficient (Wildman–Crippen LogP) is 1.75.